The van der Waals surface area contributed by atoms with Crippen LogP contribution >= 0.6 is 27.5 Å². The maximum Gasteiger partial charge on any atom is 0.0474 e. The Kier molecular flexibility index (Phi) is 3.45. The van der Waals surface area contributed by atoms with Gasteiger partial charge in [-0.2, -0.15) is 0 Å². The van der Waals surface area contributed by atoms with Crippen LogP contribution in [0.3, 0.4) is 0 Å². The van der Waals surface area contributed by atoms with E-state index in [-0.39, 0.29) is 0 Å². The summed E-state index contributed by atoms with van der Waals surface area (Å²) in [6.07, 6.45) is 0. The van der Waals surface area contributed by atoms with Crippen LogP contribution in [0.15, 0.2) is 53.0 Å². The molecule has 0 aromatic heterocycles. The van der Waals surface area contributed by atoms with E-state index in [1.165, 1.54) is 11.1 Å². The summed E-state index contributed by atoms with van der Waals surface area (Å²) >= 11 is 9.23. The molecule has 76 valence electrons. The highest BCUT2D eigenvalue weighted by Gasteiger charge is 1.98. The summed E-state index contributed by atoms with van der Waals surface area (Å²) in [5.41, 5.74) is 3.57. The molecule has 0 nitrogen and oxygen atoms in total. The van der Waals surface area contributed by atoms with Crippen molar-refractivity contribution in [1.29, 1.82) is 0 Å². The summed E-state index contributed by atoms with van der Waals surface area (Å²) in [6, 6.07) is 16.6. The lowest BCUT2D eigenvalue weighted by atomic mass is 10.0. The zero-order chi connectivity index (χ0) is 10.7. The van der Waals surface area contributed by atoms with Crippen molar-refractivity contribution in [3.63, 3.8) is 0 Å². The van der Waals surface area contributed by atoms with Crippen molar-refractivity contribution in [2.75, 3.05) is 0 Å². The third-order valence-electron chi connectivity index (χ3n) is 2.26. The summed E-state index contributed by atoms with van der Waals surface area (Å²) in [5.74, 6) is 0.560. The minimum absolute atomic E-state index is 0.560. The number of halogens is 2. The molecule has 0 saturated carbocycles. The van der Waals surface area contributed by atoms with Gasteiger partial charge in [-0.3, -0.25) is 0 Å². The topological polar surface area (TPSA) is 0 Å². The minimum Gasteiger partial charge on any atom is -0.122 e. The van der Waals surface area contributed by atoms with Crippen LogP contribution in [0.2, 0.25) is 0 Å². The largest absolute Gasteiger partial charge is 0.122 e. The Morgan fingerprint density at radius 2 is 1.67 bits per heavy atom. The normalized spacial score (nSPS) is 10.3. The zero-order valence-electron chi connectivity index (χ0n) is 8.08. The summed E-state index contributed by atoms with van der Waals surface area (Å²) in [4.78, 5) is 0. The first-order chi connectivity index (χ1) is 7.29. The van der Waals surface area contributed by atoms with E-state index in [9.17, 15) is 0 Å². The van der Waals surface area contributed by atoms with Crippen molar-refractivity contribution in [1.82, 2.24) is 0 Å². The van der Waals surface area contributed by atoms with E-state index in [4.69, 9.17) is 11.6 Å². The van der Waals surface area contributed by atoms with Gasteiger partial charge in [-0.15, -0.1) is 11.6 Å². The highest BCUT2D eigenvalue weighted by atomic mass is 79.9. The molecule has 0 fully saturated rings. The number of hydrogen-bond acceptors (Lipinski definition) is 0. The zero-order valence-corrected chi connectivity index (χ0v) is 10.4. The van der Waals surface area contributed by atoms with Crippen molar-refractivity contribution in [2.45, 2.75) is 5.88 Å². The maximum atomic E-state index is 5.80. The molecule has 15 heavy (non-hydrogen) atoms. The lowest BCUT2D eigenvalue weighted by Gasteiger charge is -2.03. The van der Waals surface area contributed by atoms with E-state index in [2.05, 4.69) is 40.2 Å². The van der Waals surface area contributed by atoms with Gasteiger partial charge in [-0.05, 0) is 34.9 Å². The Balaban J connectivity index is 2.40. The van der Waals surface area contributed by atoms with Crippen molar-refractivity contribution in [2.24, 2.45) is 0 Å². The molecule has 0 saturated heterocycles. The van der Waals surface area contributed by atoms with E-state index in [0.717, 1.165) is 10.0 Å². The SMILES string of the molecule is ClCc1cccc(-c2ccc(Br)cc2)c1. The second-order valence-corrected chi connectivity index (χ2v) is 4.52. The molecule has 0 radical (unpaired) electrons. The Hall–Kier alpha value is -0.790. The number of hydrogen-bond donors (Lipinski definition) is 0. The molecule has 0 unspecified atom stereocenters. The monoisotopic (exact) mass is 280 g/mol. The van der Waals surface area contributed by atoms with E-state index in [0.29, 0.717) is 5.88 Å². The van der Waals surface area contributed by atoms with Crippen molar-refractivity contribution >= 4 is 27.5 Å². The number of benzene rings is 2. The molecule has 2 heteroatoms. The van der Waals surface area contributed by atoms with Crippen molar-refractivity contribution in [3.05, 3.63) is 58.6 Å². The lowest BCUT2D eigenvalue weighted by molar-refractivity contribution is 1.40. The van der Waals surface area contributed by atoms with Gasteiger partial charge in [0.2, 0.25) is 0 Å². The predicted molar refractivity (Wildman–Crippen MR) is 69.1 cm³/mol. The fourth-order valence-electron chi connectivity index (χ4n) is 1.48. The molecule has 0 amide bonds. The van der Waals surface area contributed by atoms with Crippen LogP contribution in [0.4, 0.5) is 0 Å². The van der Waals surface area contributed by atoms with Crippen LogP contribution in [0.1, 0.15) is 5.56 Å². The molecule has 2 aromatic carbocycles. The Morgan fingerprint density at radius 3 is 2.33 bits per heavy atom. The molecule has 2 aromatic rings. The van der Waals surface area contributed by atoms with Crippen LogP contribution in [0, 0.1) is 0 Å². The van der Waals surface area contributed by atoms with Gasteiger partial charge in [0.05, 0.1) is 0 Å². The fourth-order valence-corrected chi connectivity index (χ4v) is 1.91. The van der Waals surface area contributed by atoms with Gasteiger partial charge >= 0.3 is 0 Å². The Morgan fingerprint density at radius 1 is 0.933 bits per heavy atom. The average Bonchev–Trinajstić information content (AvgIpc) is 2.30. The number of rotatable bonds is 2. The highest BCUT2D eigenvalue weighted by Crippen LogP contribution is 2.23. The van der Waals surface area contributed by atoms with Crippen LogP contribution < -0.4 is 0 Å². The molecule has 0 bridgehead atoms. The first kappa shape index (κ1) is 10.7. The van der Waals surface area contributed by atoms with Gasteiger partial charge in [-0.25, -0.2) is 0 Å². The van der Waals surface area contributed by atoms with Crippen molar-refractivity contribution in [3.8, 4) is 11.1 Å². The summed E-state index contributed by atoms with van der Waals surface area (Å²) < 4.78 is 1.10. The van der Waals surface area contributed by atoms with Gasteiger partial charge in [0.15, 0.2) is 0 Å². The fraction of sp³-hybridized carbons (Fsp3) is 0.0769. The molecule has 0 N–H and O–H groups in total. The minimum atomic E-state index is 0.560. The number of alkyl halides is 1. The van der Waals surface area contributed by atoms with Crippen LogP contribution in [0.5, 0.6) is 0 Å². The molecular weight excluding hydrogens is 272 g/mol. The van der Waals surface area contributed by atoms with E-state index >= 15 is 0 Å². The Bertz CT molecular complexity index is 448. The van der Waals surface area contributed by atoms with Crippen LogP contribution in [-0.4, -0.2) is 0 Å². The van der Waals surface area contributed by atoms with Gasteiger partial charge in [0, 0.05) is 10.4 Å². The molecule has 0 aliphatic rings. The smallest absolute Gasteiger partial charge is 0.0474 e. The quantitative estimate of drug-likeness (QED) is 0.690. The maximum absolute atomic E-state index is 5.80. The van der Waals surface area contributed by atoms with Gasteiger partial charge in [0.25, 0.3) is 0 Å². The average molecular weight is 282 g/mol. The first-order valence-electron chi connectivity index (χ1n) is 4.70. The van der Waals surface area contributed by atoms with Crippen molar-refractivity contribution < 1.29 is 0 Å². The summed E-state index contributed by atoms with van der Waals surface area (Å²) in [5, 5.41) is 0. The molecule has 2 rings (SSSR count). The second kappa shape index (κ2) is 4.82. The van der Waals surface area contributed by atoms with Gasteiger partial charge in [-0.1, -0.05) is 46.3 Å². The molecule has 0 aliphatic carbocycles. The van der Waals surface area contributed by atoms with E-state index < -0.39 is 0 Å². The molecular formula is C13H10BrCl. The van der Waals surface area contributed by atoms with Gasteiger partial charge in [0.1, 0.15) is 0 Å². The molecule has 0 aliphatic heterocycles. The van der Waals surface area contributed by atoms with E-state index in [1.807, 2.05) is 24.3 Å². The highest BCUT2D eigenvalue weighted by molar-refractivity contribution is 9.10. The third-order valence-corrected chi connectivity index (χ3v) is 3.10. The molecule has 0 atom stereocenters. The standard InChI is InChI=1S/C13H10BrCl/c14-13-6-4-11(5-7-13)12-3-1-2-10(8-12)9-15/h1-8H,9H2. The summed E-state index contributed by atoms with van der Waals surface area (Å²) in [7, 11) is 0. The predicted octanol–water partition coefficient (Wildman–Crippen LogP) is 4.85. The third kappa shape index (κ3) is 2.61. The van der Waals surface area contributed by atoms with Crippen LogP contribution in [-0.2, 0) is 5.88 Å². The molecule has 0 heterocycles. The first-order valence-corrected chi connectivity index (χ1v) is 6.03. The van der Waals surface area contributed by atoms with Gasteiger partial charge < -0.3 is 0 Å². The second-order valence-electron chi connectivity index (χ2n) is 3.34. The Labute approximate surface area is 103 Å². The summed E-state index contributed by atoms with van der Waals surface area (Å²) in [6.45, 7) is 0. The molecule has 0 spiro atoms. The van der Waals surface area contributed by atoms with E-state index in [1.54, 1.807) is 0 Å². The van der Waals surface area contributed by atoms with Crippen LogP contribution in [0.25, 0.3) is 11.1 Å². The lowest BCUT2D eigenvalue weighted by Crippen LogP contribution is -1.81.